The van der Waals surface area contributed by atoms with Gasteiger partial charge in [-0.2, -0.15) is 0 Å². The van der Waals surface area contributed by atoms with E-state index in [4.69, 9.17) is 11.6 Å². The molecule has 1 aromatic carbocycles. The van der Waals surface area contributed by atoms with Crippen LogP contribution in [0.5, 0.6) is 0 Å². The first-order chi connectivity index (χ1) is 9.10. The van der Waals surface area contributed by atoms with Crippen LogP contribution in [0.4, 0.5) is 0 Å². The molecule has 0 spiro atoms. The van der Waals surface area contributed by atoms with E-state index in [2.05, 4.69) is 5.32 Å². The van der Waals surface area contributed by atoms with Gasteiger partial charge in [0.1, 0.15) is 5.38 Å². The largest absolute Gasteiger partial charge is 0.358 e. The number of amides is 2. The summed E-state index contributed by atoms with van der Waals surface area (Å²) in [6.45, 7) is 2.51. The first kappa shape index (κ1) is 15.5. The van der Waals surface area contributed by atoms with E-state index < -0.39 is 5.38 Å². The van der Waals surface area contributed by atoms with Crippen molar-refractivity contribution in [1.29, 1.82) is 0 Å². The molecule has 1 N–H and O–H groups in total. The maximum atomic E-state index is 12.3. The van der Waals surface area contributed by atoms with Gasteiger partial charge in [0, 0.05) is 13.6 Å². The molecule has 104 valence electrons. The van der Waals surface area contributed by atoms with Gasteiger partial charge in [-0.25, -0.2) is 0 Å². The Bertz CT molecular complexity index is 423. The molecule has 0 aromatic heterocycles. The van der Waals surface area contributed by atoms with Crippen LogP contribution >= 0.6 is 11.6 Å². The number of hydrogen-bond acceptors (Lipinski definition) is 2. The summed E-state index contributed by atoms with van der Waals surface area (Å²) >= 11 is 6.19. The highest BCUT2D eigenvalue weighted by molar-refractivity contribution is 6.30. The molecule has 1 aromatic rings. The number of carbonyl (C=O) groups is 2. The van der Waals surface area contributed by atoms with Crippen LogP contribution in [0, 0.1) is 0 Å². The summed E-state index contributed by atoms with van der Waals surface area (Å²) in [4.78, 5) is 25.2. The summed E-state index contributed by atoms with van der Waals surface area (Å²) in [6, 6.07) is 9.15. The minimum absolute atomic E-state index is 0.0409. The van der Waals surface area contributed by atoms with E-state index in [0.717, 1.165) is 12.0 Å². The van der Waals surface area contributed by atoms with Crippen molar-refractivity contribution in [3.63, 3.8) is 0 Å². The SMILES string of the molecule is CCCN(CC(=O)NC)C(=O)C(Cl)c1ccccc1. The third-order valence-electron chi connectivity index (χ3n) is 2.73. The van der Waals surface area contributed by atoms with Gasteiger partial charge in [0.15, 0.2) is 0 Å². The van der Waals surface area contributed by atoms with Gasteiger partial charge in [-0.1, -0.05) is 37.3 Å². The molecule has 2 amide bonds. The van der Waals surface area contributed by atoms with Crippen molar-refractivity contribution in [2.75, 3.05) is 20.1 Å². The highest BCUT2D eigenvalue weighted by Crippen LogP contribution is 2.22. The quantitative estimate of drug-likeness (QED) is 0.811. The molecule has 1 rings (SSSR count). The fourth-order valence-electron chi connectivity index (χ4n) is 1.71. The van der Waals surface area contributed by atoms with Crippen LogP contribution in [0.1, 0.15) is 24.3 Å². The minimum atomic E-state index is -0.752. The normalized spacial score (nSPS) is 11.7. The van der Waals surface area contributed by atoms with Gasteiger partial charge in [0.05, 0.1) is 6.54 Å². The van der Waals surface area contributed by atoms with Crippen molar-refractivity contribution in [2.24, 2.45) is 0 Å². The molecular formula is C14H19ClN2O2. The molecule has 1 unspecified atom stereocenters. The number of hydrogen-bond donors (Lipinski definition) is 1. The van der Waals surface area contributed by atoms with Crippen molar-refractivity contribution in [3.8, 4) is 0 Å². The number of benzene rings is 1. The van der Waals surface area contributed by atoms with Crippen LogP contribution in [0.15, 0.2) is 30.3 Å². The molecule has 19 heavy (non-hydrogen) atoms. The Balaban J connectivity index is 2.78. The highest BCUT2D eigenvalue weighted by atomic mass is 35.5. The van der Waals surface area contributed by atoms with E-state index >= 15 is 0 Å². The molecule has 1 atom stereocenters. The van der Waals surface area contributed by atoms with Crippen LogP contribution in [-0.4, -0.2) is 36.9 Å². The van der Waals surface area contributed by atoms with Gasteiger partial charge in [0.25, 0.3) is 0 Å². The van der Waals surface area contributed by atoms with Crippen molar-refractivity contribution >= 4 is 23.4 Å². The second-order valence-corrected chi connectivity index (χ2v) is 4.64. The lowest BCUT2D eigenvalue weighted by molar-refractivity contribution is -0.135. The fraction of sp³-hybridized carbons (Fsp3) is 0.429. The van der Waals surface area contributed by atoms with Crippen LogP contribution in [0.2, 0.25) is 0 Å². The van der Waals surface area contributed by atoms with Crippen LogP contribution < -0.4 is 5.32 Å². The molecule has 0 aliphatic heterocycles. The van der Waals surface area contributed by atoms with Gasteiger partial charge in [0.2, 0.25) is 11.8 Å². The van der Waals surface area contributed by atoms with Crippen molar-refractivity contribution in [1.82, 2.24) is 10.2 Å². The third-order valence-corrected chi connectivity index (χ3v) is 3.17. The number of alkyl halides is 1. The van der Waals surface area contributed by atoms with E-state index in [-0.39, 0.29) is 18.4 Å². The summed E-state index contributed by atoms with van der Waals surface area (Å²) in [7, 11) is 1.55. The first-order valence-corrected chi connectivity index (χ1v) is 6.72. The zero-order valence-corrected chi connectivity index (χ0v) is 12.0. The van der Waals surface area contributed by atoms with Gasteiger partial charge >= 0.3 is 0 Å². The van der Waals surface area contributed by atoms with Crippen LogP contribution in [-0.2, 0) is 9.59 Å². The van der Waals surface area contributed by atoms with Crippen molar-refractivity contribution in [2.45, 2.75) is 18.7 Å². The predicted molar refractivity (Wildman–Crippen MR) is 76.0 cm³/mol. The van der Waals surface area contributed by atoms with E-state index in [9.17, 15) is 9.59 Å². The van der Waals surface area contributed by atoms with E-state index in [1.807, 2.05) is 25.1 Å². The lowest BCUT2D eigenvalue weighted by atomic mass is 10.1. The standard InChI is InChI=1S/C14H19ClN2O2/c1-3-9-17(10-12(18)16-2)14(19)13(15)11-7-5-4-6-8-11/h4-8,13H,3,9-10H2,1-2H3,(H,16,18). The lowest BCUT2D eigenvalue weighted by Gasteiger charge is -2.23. The van der Waals surface area contributed by atoms with Gasteiger partial charge in [-0.15, -0.1) is 11.6 Å². The molecule has 0 radical (unpaired) electrons. The zero-order chi connectivity index (χ0) is 14.3. The van der Waals surface area contributed by atoms with Gasteiger partial charge < -0.3 is 10.2 Å². The number of nitrogens with zero attached hydrogens (tertiary/aromatic N) is 1. The van der Waals surface area contributed by atoms with Crippen LogP contribution in [0.3, 0.4) is 0 Å². The maximum Gasteiger partial charge on any atom is 0.245 e. The van der Waals surface area contributed by atoms with Crippen LogP contribution in [0.25, 0.3) is 0 Å². The van der Waals surface area contributed by atoms with Crippen molar-refractivity contribution < 1.29 is 9.59 Å². The number of nitrogens with one attached hydrogen (secondary N) is 1. The lowest BCUT2D eigenvalue weighted by Crippen LogP contribution is -2.41. The smallest absolute Gasteiger partial charge is 0.245 e. The third kappa shape index (κ3) is 4.56. The number of carbonyl (C=O) groups excluding carboxylic acids is 2. The summed E-state index contributed by atoms with van der Waals surface area (Å²) in [5.74, 6) is -0.433. The summed E-state index contributed by atoms with van der Waals surface area (Å²) in [6.07, 6.45) is 0.779. The topological polar surface area (TPSA) is 49.4 Å². The Morgan fingerprint density at radius 3 is 2.47 bits per heavy atom. The fourth-order valence-corrected chi connectivity index (χ4v) is 2.00. The van der Waals surface area contributed by atoms with Gasteiger partial charge in [-0.3, -0.25) is 9.59 Å². The summed E-state index contributed by atoms with van der Waals surface area (Å²) in [5, 5.41) is 1.76. The first-order valence-electron chi connectivity index (χ1n) is 6.28. The maximum absolute atomic E-state index is 12.3. The molecule has 0 heterocycles. The predicted octanol–water partition coefficient (Wildman–Crippen LogP) is 1.95. The molecule has 0 aliphatic carbocycles. The summed E-state index contributed by atoms with van der Waals surface area (Å²) < 4.78 is 0. The Morgan fingerprint density at radius 1 is 1.32 bits per heavy atom. The number of halogens is 1. The molecule has 0 saturated heterocycles. The zero-order valence-electron chi connectivity index (χ0n) is 11.2. The van der Waals surface area contributed by atoms with Crippen molar-refractivity contribution in [3.05, 3.63) is 35.9 Å². The highest BCUT2D eigenvalue weighted by Gasteiger charge is 2.24. The Hall–Kier alpha value is -1.55. The van der Waals surface area contributed by atoms with E-state index in [1.54, 1.807) is 19.2 Å². The Kier molecular flexibility index (Phi) is 6.36. The Morgan fingerprint density at radius 2 is 1.95 bits per heavy atom. The monoisotopic (exact) mass is 282 g/mol. The number of rotatable bonds is 6. The molecule has 5 heteroatoms. The average Bonchev–Trinajstić information content (AvgIpc) is 2.46. The summed E-state index contributed by atoms with van der Waals surface area (Å²) in [5.41, 5.74) is 0.743. The van der Waals surface area contributed by atoms with Gasteiger partial charge in [-0.05, 0) is 12.0 Å². The molecule has 0 saturated carbocycles. The minimum Gasteiger partial charge on any atom is -0.358 e. The molecule has 0 bridgehead atoms. The Labute approximate surface area is 118 Å². The average molecular weight is 283 g/mol. The van der Waals surface area contributed by atoms with E-state index in [0.29, 0.717) is 6.54 Å². The molecule has 0 aliphatic rings. The van der Waals surface area contributed by atoms with E-state index in [1.165, 1.54) is 4.90 Å². The number of likely N-dealkylation sites (N-methyl/N-ethyl adjacent to an activating group) is 1. The second kappa shape index (κ2) is 7.79. The molecule has 0 fully saturated rings. The molecular weight excluding hydrogens is 264 g/mol. The second-order valence-electron chi connectivity index (χ2n) is 4.21. The molecule has 4 nitrogen and oxygen atoms in total.